The molecule has 18 heavy (non-hydrogen) atoms. The normalized spacial score (nSPS) is 13.8. The van der Waals surface area contributed by atoms with Crippen LogP contribution in [0.3, 0.4) is 0 Å². The number of allylic oxidation sites excluding steroid dienone is 5. The summed E-state index contributed by atoms with van der Waals surface area (Å²) < 4.78 is 0. The van der Waals surface area contributed by atoms with E-state index < -0.39 is 11.9 Å². The highest BCUT2D eigenvalue weighted by molar-refractivity contribution is 5.92. The molecule has 0 spiro atoms. The number of carbonyl (C=O) groups excluding carboxylic acids is 2. The van der Waals surface area contributed by atoms with Crippen LogP contribution in [0.5, 0.6) is 0 Å². The Morgan fingerprint density at radius 2 is 1.78 bits per heavy atom. The van der Waals surface area contributed by atoms with E-state index >= 15 is 0 Å². The van der Waals surface area contributed by atoms with Gasteiger partial charge in [-0.1, -0.05) is 44.2 Å². The highest BCUT2D eigenvalue weighted by atomic mass is 16.2. The van der Waals surface area contributed by atoms with Gasteiger partial charge in [0, 0.05) is 6.08 Å². The van der Waals surface area contributed by atoms with Crippen molar-refractivity contribution in [1.82, 2.24) is 5.32 Å². The van der Waals surface area contributed by atoms with Gasteiger partial charge < -0.3 is 11.1 Å². The van der Waals surface area contributed by atoms with E-state index in [2.05, 4.69) is 5.32 Å². The van der Waals surface area contributed by atoms with Crippen LogP contribution < -0.4 is 11.1 Å². The van der Waals surface area contributed by atoms with E-state index in [9.17, 15) is 9.59 Å². The smallest absolute Gasteiger partial charge is 0.244 e. The fourth-order valence-electron chi connectivity index (χ4n) is 1.32. The monoisotopic (exact) mass is 250 g/mol. The second kappa shape index (κ2) is 9.22. The molecule has 0 radical (unpaired) electrons. The molecule has 0 heterocycles. The minimum absolute atomic E-state index is 0.293. The molecule has 0 rings (SSSR count). The largest absolute Gasteiger partial charge is 0.368 e. The summed E-state index contributed by atoms with van der Waals surface area (Å²) in [5, 5.41) is 2.59. The molecule has 0 aromatic rings. The van der Waals surface area contributed by atoms with Gasteiger partial charge >= 0.3 is 0 Å². The Balaban J connectivity index is 4.29. The minimum Gasteiger partial charge on any atom is -0.368 e. The third kappa shape index (κ3) is 8.33. The molecule has 2 amide bonds. The molecule has 0 aliphatic carbocycles. The molecule has 4 nitrogen and oxygen atoms in total. The van der Waals surface area contributed by atoms with E-state index in [0.29, 0.717) is 12.3 Å². The van der Waals surface area contributed by atoms with E-state index in [4.69, 9.17) is 5.73 Å². The van der Waals surface area contributed by atoms with Crippen LogP contribution in [0.15, 0.2) is 36.5 Å². The summed E-state index contributed by atoms with van der Waals surface area (Å²) in [7, 11) is 0. The Bertz CT molecular complexity index is 355. The SMILES string of the molecule is C\C=C/C=C\C=C\C(=O)NC(CC(C)C)C(N)=O. The molecular formula is C14H22N2O2. The summed E-state index contributed by atoms with van der Waals surface area (Å²) in [5.74, 6) is -0.527. The lowest BCUT2D eigenvalue weighted by Crippen LogP contribution is -2.44. The number of rotatable bonds is 7. The van der Waals surface area contributed by atoms with Crippen LogP contribution in [-0.2, 0) is 9.59 Å². The summed E-state index contributed by atoms with van der Waals surface area (Å²) in [6.45, 7) is 5.85. The van der Waals surface area contributed by atoms with Crippen molar-refractivity contribution >= 4 is 11.8 Å². The zero-order valence-electron chi connectivity index (χ0n) is 11.2. The Kier molecular flexibility index (Phi) is 8.27. The molecule has 0 saturated heterocycles. The minimum atomic E-state index is -0.610. The van der Waals surface area contributed by atoms with Crippen molar-refractivity contribution in [2.75, 3.05) is 0 Å². The predicted octanol–water partition coefficient (Wildman–Crippen LogP) is 1.69. The summed E-state index contributed by atoms with van der Waals surface area (Å²) in [6, 6.07) is -0.610. The van der Waals surface area contributed by atoms with Crippen molar-refractivity contribution in [3.63, 3.8) is 0 Å². The van der Waals surface area contributed by atoms with Crippen LogP contribution in [0.1, 0.15) is 27.2 Å². The fourth-order valence-corrected chi connectivity index (χ4v) is 1.32. The van der Waals surface area contributed by atoms with Gasteiger partial charge in [-0.05, 0) is 19.3 Å². The lowest BCUT2D eigenvalue weighted by atomic mass is 10.0. The molecule has 1 atom stereocenters. The van der Waals surface area contributed by atoms with Crippen LogP contribution in [0, 0.1) is 5.92 Å². The van der Waals surface area contributed by atoms with Crippen molar-refractivity contribution in [2.45, 2.75) is 33.2 Å². The maximum absolute atomic E-state index is 11.5. The third-order valence-electron chi connectivity index (χ3n) is 2.14. The summed E-state index contributed by atoms with van der Waals surface area (Å²) in [5.41, 5.74) is 5.23. The number of nitrogens with one attached hydrogen (secondary N) is 1. The van der Waals surface area contributed by atoms with Crippen LogP contribution >= 0.6 is 0 Å². The highest BCUT2D eigenvalue weighted by Crippen LogP contribution is 2.04. The average molecular weight is 250 g/mol. The van der Waals surface area contributed by atoms with Gasteiger partial charge in [0.25, 0.3) is 0 Å². The van der Waals surface area contributed by atoms with Gasteiger partial charge in [-0.2, -0.15) is 0 Å². The second-order valence-electron chi connectivity index (χ2n) is 4.36. The van der Waals surface area contributed by atoms with Gasteiger partial charge in [0.2, 0.25) is 11.8 Å². The van der Waals surface area contributed by atoms with Crippen molar-refractivity contribution < 1.29 is 9.59 Å². The maximum atomic E-state index is 11.5. The first-order valence-corrected chi connectivity index (χ1v) is 6.03. The molecular weight excluding hydrogens is 228 g/mol. The van der Waals surface area contributed by atoms with Crippen molar-refractivity contribution in [3.05, 3.63) is 36.5 Å². The molecule has 3 N–H and O–H groups in total. The average Bonchev–Trinajstić information content (AvgIpc) is 2.27. The quantitative estimate of drug-likeness (QED) is 0.533. The van der Waals surface area contributed by atoms with Gasteiger partial charge in [0.05, 0.1) is 0 Å². The van der Waals surface area contributed by atoms with Crippen LogP contribution in [0.2, 0.25) is 0 Å². The predicted molar refractivity (Wildman–Crippen MR) is 73.7 cm³/mol. The van der Waals surface area contributed by atoms with E-state index in [1.807, 2.05) is 39.0 Å². The fraction of sp³-hybridized carbons (Fsp3) is 0.429. The first-order valence-electron chi connectivity index (χ1n) is 6.03. The number of amides is 2. The summed E-state index contributed by atoms with van der Waals surface area (Å²) in [4.78, 5) is 22.7. The van der Waals surface area contributed by atoms with Gasteiger partial charge in [0.15, 0.2) is 0 Å². The molecule has 0 bridgehead atoms. The maximum Gasteiger partial charge on any atom is 0.244 e. The number of hydrogen-bond acceptors (Lipinski definition) is 2. The zero-order chi connectivity index (χ0) is 14.0. The van der Waals surface area contributed by atoms with E-state index in [0.717, 1.165) is 0 Å². The number of hydrogen-bond donors (Lipinski definition) is 2. The Labute approximate surface area is 109 Å². The lowest BCUT2D eigenvalue weighted by molar-refractivity contribution is -0.125. The van der Waals surface area contributed by atoms with E-state index in [1.165, 1.54) is 6.08 Å². The standard InChI is InChI=1S/C14H22N2O2/c1-4-5-6-7-8-9-13(17)16-12(14(15)18)10-11(2)3/h4-9,11-12H,10H2,1-3H3,(H2,15,18)(H,16,17)/b5-4-,7-6-,9-8+. The first-order chi connectivity index (χ1) is 8.47. The topological polar surface area (TPSA) is 72.2 Å². The molecule has 0 saturated carbocycles. The van der Waals surface area contributed by atoms with Crippen LogP contribution in [-0.4, -0.2) is 17.9 Å². The van der Waals surface area contributed by atoms with Gasteiger partial charge in [-0.3, -0.25) is 9.59 Å². The molecule has 0 aliphatic rings. The first kappa shape index (κ1) is 16.2. The molecule has 0 aromatic heterocycles. The lowest BCUT2D eigenvalue weighted by Gasteiger charge is -2.16. The number of primary amides is 1. The molecule has 0 aromatic carbocycles. The second-order valence-corrected chi connectivity index (χ2v) is 4.36. The van der Waals surface area contributed by atoms with Gasteiger partial charge in [-0.15, -0.1) is 0 Å². The van der Waals surface area contributed by atoms with Gasteiger partial charge in [-0.25, -0.2) is 0 Å². The van der Waals surface area contributed by atoms with Crippen molar-refractivity contribution in [2.24, 2.45) is 11.7 Å². The van der Waals surface area contributed by atoms with E-state index in [1.54, 1.807) is 12.2 Å². The Hall–Kier alpha value is -1.84. The Morgan fingerprint density at radius 3 is 2.28 bits per heavy atom. The number of nitrogens with two attached hydrogens (primary N) is 1. The molecule has 100 valence electrons. The number of carbonyl (C=O) groups is 2. The third-order valence-corrected chi connectivity index (χ3v) is 2.14. The van der Waals surface area contributed by atoms with Crippen molar-refractivity contribution in [1.29, 1.82) is 0 Å². The summed E-state index contributed by atoms with van der Waals surface area (Å²) >= 11 is 0. The Morgan fingerprint density at radius 1 is 1.17 bits per heavy atom. The molecule has 0 aliphatic heterocycles. The molecule has 0 fully saturated rings. The van der Waals surface area contributed by atoms with Crippen LogP contribution in [0.4, 0.5) is 0 Å². The molecule has 1 unspecified atom stereocenters. The molecule has 4 heteroatoms. The zero-order valence-corrected chi connectivity index (χ0v) is 11.2. The van der Waals surface area contributed by atoms with E-state index in [-0.39, 0.29) is 5.91 Å². The van der Waals surface area contributed by atoms with Crippen LogP contribution in [0.25, 0.3) is 0 Å². The van der Waals surface area contributed by atoms with Crippen molar-refractivity contribution in [3.8, 4) is 0 Å². The van der Waals surface area contributed by atoms with Gasteiger partial charge in [0.1, 0.15) is 6.04 Å². The highest BCUT2D eigenvalue weighted by Gasteiger charge is 2.17. The summed E-state index contributed by atoms with van der Waals surface area (Å²) in [6.07, 6.45) is 10.8.